The SMILES string of the molecule is Cn1cc(-c2cn3ncc(Cl)c3c(Cl)n2)cn1. The Labute approximate surface area is 107 Å². The van der Waals surface area contributed by atoms with Crippen molar-refractivity contribution in [1.82, 2.24) is 24.4 Å². The molecular formula is C10H7Cl2N5. The van der Waals surface area contributed by atoms with Crippen LogP contribution in [0.25, 0.3) is 16.8 Å². The Morgan fingerprint density at radius 2 is 1.94 bits per heavy atom. The van der Waals surface area contributed by atoms with Gasteiger partial charge in [-0.2, -0.15) is 10.2 Å². The van der Waals surface area contributed by atoms with Crippen molar-refractivity contribution < 1.29 is 0 Å². The molecule has 0 bridgehead atoms. The molecule has 0 aliphatic rings. The monoisotopic (exact) mass is 267 g/mol. The van der Waals surface area contributed by atoms with E-state index in [2.05, 4.69) is 15.2 Å². The predicted octanol–water partition coefficient (Wildman–Crippen LogP) is 2.44. The summed E-state index contributed by atoms with van der Waals surface area (Å²) in [4.78, 5) is 4.28. The molecule has 3 aromatic rings. The van der Waals surface area contributed by atoms with Crippen LogP contribution in [0.5, 0.6) is 0 Å². The Bertz CT molecular complexity index is 700. The van der Waals surface area contributed by atoms with E-state index in [1.165, 1.54) is 6.20 Å². The molecule has 0 radical (unpaired) electrons. The summed E-state index contributed by atoms with van der Waals surface area (Å²) < 4.78 is 3.31. The minimum atomic E-state index is 0.328. The fourth-order valence-corrected chi connectivity index (χ4v) is 2.18. The van der Waals surface area contributed by atoms with Crippen LogP contribution in [0.2, 0.25) is 10.2 Å². The van der Waals surface area contributed by atoms with E-state index in [1.807, 2.05) is 13.2 Å². The van der Waals surface area contributed by atoms with E-state index in [0.29, 0.717) is 21.4 Å². The zero-order valence-electron chi connectivity index (χ0n) is 8.80. The lowest BCUT2D eigenvalue weighted by Crippen LogP contribution is -1.93. The lowest BCUT2D eigenvalue weighted by Gasteiger charge is -2.01. The topological polar surface area (TPSA) is 48.0 Å². The first-order chi connectivity index (χ1) is 8.15. The molecule has 0 saturated heterocycles. The standard InChI is InChI=1S/C10H7Cl2N5/c1-16-4-6(2-13-16)8-5-17-9(10(12)15-8)7(11)3-14-17/h2-5H,1H3. The number of nitrogens with zero attached hydrogens (tertiary/aromatic N) is 5. The van der Waals surface area contributed by atoms with Gasteiger partial charge < -0.3 is 0 Å². The molecule has 0 saturated carbocycles. The van der Waals surface area contributed by atoms with E-state index in [-0.39, 0.29) is 0 Å². The largest absolute Gasteiger partial charge is 0.275 e. The zero-order chi connectivity index (χ0) is 12.0. The van der Waals surface area contributed by atoms with Crippen molar-refractivity contribution in [1.29, 1.82) is 0 Å². The van der Waals surface area contributed by atoms with Crippen LogP contribution in [0.4, 0.5) is 0 Å². The third kappa shape index (κ3) is 1.67. The molecule has 5 nitrogen and oxygen atoms in total. The summed E-state index contributed by atoms with van der Waals surface area (Å²) in [7, 11) is 1.84. The third-order valence-electron chi connectivity index (χ3n) is 2.41. The molecule has 0 spiro atoms. The fourth-order valence-electron chi connectivity index (χ4n) is 1.63. The molecule has 0 aromatic carbocycles. The molecule has 0 aliphatic carbocycles. The highest BCUT2D eigenvalue weighted by atomic mass is 35.5. The smallest absolute Gasteiger partial charge is 0.157 e. The summed E-state index contributed by atoms with van der Waals surface area (Å²) in [5.74, 6) is 0. The maximum Gasteiger partial charge on any atom is 0.157 e. The quantitative estimate of drug-likeness (QED) is 0.681. The number of aromatic nitrogens is 5. The summed E-state index contributed by atoms with van der Waals surface area (Å²) in [6.07, 6.45) is 6.88. The summed E-state index contributed by atoms with van der Waals surface area (Å²) >= 11 is 12.0. The first kappa shape index (κ1) is 10.6. The normalized spacial score (nSPS) is 11.2. The van der Waals surface area contributed by atoms with Crippen LogP contribution in [0.1, 0.15) is 0 Å². The second-order valence-corrected chi connectivity index (χ2v) is 4.37. The Hall–Kier alpha value is -1.59. The maximum atomic E-state index is 6.08. The van der Waals surface area contributed by atoms with Crippen LogP contribution in [0, 0.1) is 0 Å². The molecule has 0 aliphatic heterocycles. The van der Waals surface area contributed by atoms with E-state index in [1.54, 1.807) is 21.6 Å². The zero-order valence-corrected chi connectivity index (χ0v) is 10.3. The summed E-state index contributed by atoms with van der Waals surface area (Å²) in [6.45, 7) is 0. The van der Waals surface area contributed by atoms with Gasteiger partial charge in [0.05, 0.1) is 29.3 Å². The van der Waals surface area contributed by atoms with E-state index < -0.39 is 0 Å². The molecule has 0 fully saturated rings. The van der Waals surface area contributed by atoms with Crippen molar-refractivity contribution in [3.63, 3.8) is 0 Å². The maximum absolute atomic E-state index is 6.08. The van der Waals surface area contributed by atoms with Gasteiger partial charge in [-0.05, 0) is 0 Å². The number of rotatable bonds is 1. The van der Waals surface area contributed by atoms with Gasteiger partial charge in [-0.15, -0.1) is 0 Å². The molecule has 0 atom stereocenters. The first-order valence-electron chi connectivity index (χ1n) is 4.83. The van der Waals surface area contributed by atoms with E-state index in [0.717, 1.165) is 5.56 Å². The van der Waals surface area contributed by atoms with Crippen molar-refractivity contribution in [2.75, 3.05) is 0 Å². The Balaban J connectivity index is 2.25. The highest BCUT2D eigenvalue weighted by Gasteiger charge is 2.11. The number of fused-ring (bicyclic) bond motifs is 1. The van der Waals surface area contributed by atoms with E-state index in [4.69, 9.17) is 23.2 Å². The number of hydrogen-bond acceptors (Lipinski definition) is 3. The van der Waals surface area contributed by atoms with Crippen LogP contribution in [0.3, 0.4) is 0 Å². The average Bonchev–Trinajstić information content (AvgIpc) is 2.86. The minimum absolute atomic E-state index is 0.328. The van der Waals surface area contributed by atoms with Crippen molar-refractivity contribution >= 4 is 28.7 Å². The number of aryl methyl sites for hydroxylation is 1. The molecular weight excluding hydrogens is 261 g/mol. The predicted molar refractivity (Wildman–Crippen MR) is 65.2 cm³/mol. The van der Waals surface area contributed by atoms with Gasteiger partial charge in [-0.1, -0.05) is 23.2 Å². The Morgan fingerprint density at radius 3 is 2.65 bits per heavy atom. The molecule has 0 amide bonds. The minimum Gasteiger partial charge on any atom is -0.275 e. The molecule has 3 aromatic heterocycles. The first-order valence-corrected chi connectivity index (χ1v) is 5.59. The summed E-state index contributed by atoms with van der Waals surface area (Å²) in [5.41, 5.74) is 2.19. The second kappa shape index (κ2) is 3.72. The fraction of sp³-hybridized carbons (Fsp3) is 0.100. The molecule has 17 heavy (non-hydrogen) atoms. The van der Waals surface area contributed by atoms with Crippen LogP contribution >= 0.6 is 23.2 Å². The van der Waals surface area contributed by atoms with Crippen LogP contribution in [-0.2, 0) is 7.05 Å². The van der Waals surface area contributed by atoms with Crippen LogP contribution in [0.15, 0.2) is 24.8 Å². The van der Waals surface area contributed by atoms with E-state index in [9.17, 15) is 0 Å². The molecule has 0 unspecified atom stereocenters. The molecule has 3 heterocycles. The summed E-state index contributed by atoms with van der Waals surface area (Å²) in [6, 6.07) is 0. The Morgan fingerprint density at radius 1 is 1.12 bits per heavy atom. The van der Waals surface area contributed by atoms with Crippen molar-refractivity contribution in [3.05, 3.63) is 35.0 Å². The molecule has 7 heteroatoms. The lowest BCUT2D eigenvalue weighted by atomic mass is 10.3. The van der Waals surface area contributed by atoms with Crippen LogP contribution < -0.4 is 0 Å². The molecule has 3 rings (SSSR count). The van der Waals surface area contributed by atoms with Gasteiger partial charge in [-0.3, -0.25) is 4.68 Å². The van der Waals surface area contributed by atoms with Gasteiger partial charge in [-0.25, -0.2) is 9.50 Å². The van der Waals surface area contributed by atoms with Gasteiger partial charge in [0, 0.05) is 18.8 Å². The second-order valence-electron chi connectivity index (χ2n) is 3.61. The highest BCUT2D eigenvalue weighted by Crippen LogP contribution is 2.26. The number of hydrogen-bond donors (Lipinski definition) is 0. The lowest BCUT2D eigenvalue weighted by molar-refractivity contribution is 0.768. The van der Waals surface area contributed by atoms with Crippen molar-refractivity contribution in [2.24, 2.45) is 7.05 Å². The van der Waals surface area contributed by atoms with Gasteiger partial charge >= 0.3 is 0 Å². The van der Waals surface area contributed by atoms with Gasteiger partial charge in [0.1, 0.15) is 5.52 Å². The van der Waals surface area contributed by atoms with Crippen LogP contribution in [-0.4, -0.2) is 24.4 Å². The Kier molecular flexibility index (Phi) is 2.31. The molecule has 86 valence electrons. The van der Waals surface area contributed by atoms with Crippen molar-refractivity contribution in [2.45, 2.75) is 0 Å². The highest BCUT2D eigenvalue weighted by molar-refractivity contribution is 6.39. The summed E-state index contributed by atoms with van der Waals surface area (Å²) in [5, 5.41) is 9.00. The number of halogens is 2. The third-order valence-corrected chi connectivity index (χ3v) is 2.95. The van der Waals surface area contributed by atoms with Gasteiger partial charge in [0.15, 0.2) is 5.15 Å². The molecule has 0 N–H and O–H groups in total. The van der Waals surface area contributed by atoms with Crippen molar-refractivity contribution in [3.8, 4) is 11.3 Å². The average molecular weight is 268 g/mol. The van der Waals surface area contributed by atoms with Gasteiger partial charge in [0.2, 0.25) is 0 Å². The van der Waals surface area contributed by atoms with E-state index >= 15 is 0 Å². The van der Waals surface area contributed by atoms with Gasteiger partial charge in [0.25, 0.3) is 0 Å².